The van der Waals surface area contributed by atoms with Crippen molar-refractivity contribution in [2.75, 3.05) is 13.2 Å². The fourth-order valence-electron chi connectivity index (χ4n) is 1.64. The van der Waals surface area contributed by atoms with Crippen molar-refractivity contribution in [3.05, 3.63) is 29.8 Å². The topological polar surface area (TPSA) is 58.6 Å². The number of amides is 1. The lowest BCUT2D eigenvalue weighted by Crippen LogP contribution is -2.39. The van der Waals surface area contributed by atoms with Crippen LogP contribution in [-0.2, 0) is 4.79 Å². The first kappa shape index (κ1) is 15.5. The number of carbonyl (C=O) groups is 1. The summed E-state index contributed by atoms with van der Waals surface area (Å²) in [5.74, 6) is 0.942. The van der Waals surface area contributed by atoms with Gasteiger partial charge in [0.15, 0.2) is 6.61 Å². The zero-order valence-electron chi connectivity index (χ0n) is 11.8. The quantitative estimate of drug-likeness (QED) is 0.793. The minimum Gasteiger partial charge on any atom is -0.484 e. The Morgan fingerprint density at radius 1 is 1.32 bits per heavy atom. The third-order valence-corrected chi connectivity index (χ3v) is 2.99. The molecule has 0 heterocycles. The van der Waals surface area contributed by atoms with Gasteiger partial charge in [-0.2, -0.15) is 0 Å². The molecule has 0 aliphatic rings. The van der Waals surface area contributed by atoms with Crippen LogP contribution in [0.1, 0.15) is 38.7 Å². The van der Waals surface area contributed by atoms with Gasteiger partial charge in [-0.05, 0) is 30.0 Å². The highest BCUT2D eigenvalue weighted by Crippen LogP contribution is 2.18. The normalized spacial score (nSPS) is 12.3. The Balaban J connectivity index is 2.41. The van der Waals surface area contributed by atoms with Crippen molar-refractivity contribution >= 4 is 5.91 Å². The molecule has 0 aliphatic carbocycles. The molecule has 0 saturated heterocycles. The van der Waals surface area contributed by atoms with Crippen LogP contribution in [0.5, 0.6) is 5.75 Å². The van der Waals surface area contributed by atoms with E-state index in [1.165, 1.54) is 5.56 Å². The molecule has 1 aromatic rings. The number of nitrogens with one attached hydrogen (secondary N) is 1. The van der Waals surface area contributed by atoms with Gasteiger partial charge in [0.1, 0.15) is 5.75 Å². The second-order valence-electron chi connectivity index (χ2n) is 4.87. The first-order valence-corrected chi connectivity index (χ1v) is 6.69. The lowest BCUT2D eigenvalue weighted by Gasteiger charge is -2.14. The van der Waals surface area contributed by atoms with Crippen molar-refractivity contribution in [2.24, 2.45) is 0 Å². The number of hydrogen-bond acceptors (Lipinski definition) is 3. The summed E-state index contributed by atoms with van der Waals surface area (Å²) in [7, 11) is 0. The van der Waals surface area contributed by atoms with Crippen LogP contribution in [0.4, 0.5) is 0 Å². The summed E-state index contributed by atoms with van der Waals surface area (Å²) in [6, 6.07) is 7.54. The summed E-state index contributed by atoms with van der Waals surface area (Å²) < 4.78 is 5.40. The van der Waals surface area contributed by atoms with Crippen LogP contribution in [0.2, 0.25) is 0 Å². The van der Waals surface area contributed by atoms with Crippen LogP contribution in [0.3, 0.4) is 0 Å². The molecule has 2 N–H and O–H groups in total. The molecular weight excluding hydrogens is 242 g/mol. The van der Waals surface area contributed by atoms with Crippen molar-refractivity contribution in [1.82, 2.24) is 5.32 Å². The molecule has 1 amide bonds. The Morgan fingerprint density at radius 2 is 1.95 bits per heavy atom. The zero-order chi connectivity index (χ0) is 14.3. The summed E-state index contributed by atoms with van der Waals surface area (Å²) in [5, 5.41) is 11.7. The van der Waals surface area contributed by atoms with Crippen LogP contribution < -0.4 is 10.1 Å². The van der Waals surface area contributed by atoms with Crippen molar-refractivity contribution in [1.29, 1.82) is 0 Å². The molecule has 1 atom stereocenters. The molecular formula is C15H23NO3. The van der Waals surface area contributed by atoms with Crippen LogP contribution in [0, 0.1) is 0 Å². The third-order valence-electron chi connectivity index (χ3n) is 2.99. The van der Waals surface area contributed by atoms with Gasteiger partial charge in [-0.3, -0.25) is 4.79 Å². The highest BCUT2D eigenvalue weighted by molar-refractivity contribution is 5.77. The van der Waals surface area contributed by atoms with E-state index in [0.717, 1.165) is 0 Å². The Hall–Kier alpha value is -1.55. The number of aliphatic hydroxyl groups excluding tert-OH is 1. The van der Waals surface area contributed by atoms with E-state index >= 15 is 0 Å². The second kappa shape index (κ2) is 7.79. The standard InChI is InChI=1S/C15H23NO3/c1-4-13(9-17)16-15(18)10-19-14-7-5-12(6-8-14)11(2)3/h5-8,11,13,17H,4,9-10H2,1-3H3,(H,16,18)/t13-/m1/s1. The summed E-state index contributed by atoms with van der Waals surface area (Å²) in [6.45, 7) is 6.09. The van der Waals surface area contributed by atoms with Crippen molar-refractivity contribution in [3.8, 4) is 5.75 Å². The fraction of sp³-hybridized carbons (Fsp3) is 0.533. The minimum atomic E-state index is -0.214. The van der Waals surface area contributed by atoms with Gasteiger partial charge in [0.05, 0.1) is 12.6 Å². The average Bonchev–Trinajstić information content (AvgIpc) is 2.43. The van der Waals surface area contributed by atoms with Crippen LogP contribution in [0.15, 0.2) is 24.3 Å². The smallest absolute Gasteiger partial charge is 0.258 e. The number of aliphatic hydroxyl groups is 1. The molecule has 0 saturated carbocycles. The summed E-state index contributed by atoms with van der Waals surface area (Å²) in [5.41, 5.74) is 1.24. The van der Waals surface area contributed by atoms with Crippen LogP contribution in [0.25, 0.3) is 0 Å². The number of ether oxygens (including phenoxy) is 1. The van der Waals surface area contributed by atoms with Gasteiger partial charge < -0.3 is 15.2 Å². The summed E-state index contributed by atoms with van der Waals surface area (Å²) in [6.07, 6.45) is 0.700. The maximum absolute atomic E-state index is 11.6. The van der Waals surface area contributed by atoms with Gasteiger partial charge in [0, 0.05) is 0 Å². The predicted molar refractivity (Wildman–Crippen MR) is 75.3 cm³/mol. The highest BCUT2D eigenvalue weighted by atomic mass is 16.5. The Morgan fingerprint density at radius 3 is 2.42 bits per heavy atom. The van der Waals surface area contributed by atoms with Crippen molar-refractivity contribution in [3.63, 3.8) is 0 Å². The average molecular weight is 265 g/mol. The zero-order valence-corrected chi connectivity index (χ0v) is 11.8. The molecule has 0 aromatic heterocycles. The molecule has 0 radical (unpaired) electrons. The van der Waals surface area contributed by atoms with Crippen molar-refractivity contribution < 1.29 is 14.6 Å². The Labute approximate surface area is 114 Å². The molecule has 0 spiro atoms. The lowest BCUT2D eigenvalue weighted by molar-refractivity contribution is -0.124. The van der Waals surface area contributed by atoms with Gasteiger partial charge >= 0.3 is 0 Å². The SMILES string of the molecule is CC[C@H](CO)NC(=O)COc1ccc(C(C)C)cc1. The van der Waals surface area contributed by atoms with Gasteiger partial charge in [-0.15, -0.1) is 0 Å². The van der Waals surface area contributed by atoms with E-state index in [4.69, 9.17) is 9.84 Å². The van der Waals surface area contributed by atoms with Crippen LogP contribution >= 0.6 is 0 Å². The van der Waals surface area contributed by atoms with E-state index in [1.807, 2.05) is 31.2 Å². The maximum atomic E-state index is 11.6. The van der Waals surface area contributed by atoms with E-state index < -0.39 is 0 Å². The summed E-state index contributed by atoms with van der Waals surface area (Å²) >= 11 is 0. The number of carbonyl (C=O) groups excluding carboxylic acids is 1. The minimum absolute atomic E-state index is 0.0302. The van der Waals surface area contributed by atoms with Gasteiger partial charge in [0.2, 0.25) is 0 Å². The summed E-state index contributed by atoms with van der Waals surface area (Å²) in [4.78, 5) is 11.6. The molecule has 4 nitrogen and oxygen atoms in total. The molecule has 19 heavy (non-hydrogen) atoms. The molecule has 106 valence electrons. The van der Waals surface area contributed by atoms with E-state index in [2.05, 4.69) is 19.2 Å². The third kappa shape index (κ3) is 5.30. The molecule has 4 heteroatoms. The monoisotopic (exact) mass is 265 g/mol. The number of benzene rings is 1. The number of hydrogen-bond donors (Lipinski definition) is 2. The second-order valence-corrected chi connectivity index (χ2v) is 4.87. The molecule has 0 aliphatic heterocycles. The molecule has 0 bridgehead atoms. The van der Waals surface area contributed by atoms with E-state index in [-0.39, 0.29) is 25.2 Å². The fourth-order valence-corrected chi connectivity index (χ4v) is 1.64. The van der Waals surface area contributed by atoms with E-state index in [9.17, 15) is 4.79 Å². The van der Waals surface area contributed by atoms with Gasteiger partial charge in [0.25, 0.3) is 5.91 Å². The lowest BCUT2D eigenvalue weighted by atomic mass is 10.0. The molecule has 0 unspecified atom stereocenters. The predicted octanol–water partition coefficient (Wildman–Crippen LogP) is 2.08. The maximum Gasteiger partial charge on any atom is 0.258 e. The Bertz CT molecular complexity index is 383. The van der Waals surface area contributed by atoms with Crippen LogP contribution in [-0.4, -0.2) is 30.3 Å². The number of rotatable bonds is 7. The van der Waals surface area contributed by atoms with Gasteiger partial charge in [-0.25, -0.2) is 0 Å². The Kier molecular flexibility index (Phi) is 6.36. The molecule has 0 fully saturated rings. The van der Waals surface area contributed by atoms with Crippen molar-refractivity contribution in [2.45, 2.75) is 39.2 Å². The van der Waals surface area contributed by atoms with Gasteiger partial charge in [-0.1, -0.05) is 32.9 Å². The largest absolute Gasteiger partial charge is 0.484 e. The first-order valence-electron chi connectivity index (χ1n) is 6.69. The first-order chi connectivity index (χ1) is 9.06. The molecule has 1 rings (SSSR count). The van der Waals surface area contributed by atoms with E-state index in [1.54, 1.807) is 0 Å². The highest BCUT2D eigenvalue weighted by Gasteiger charge is 2.09. The van der Waals surface area contributed by atoms with E-state index in [0.29, 0.717) is 18.1 Å². The molecule has 1 aromatic carbocycles.